The Balaban J connectivity index is 1.86. The van der Waals surface area contributed by atoms with Crippen LogP contribution in [0.1, 0.15) is 31.9 Å². The standard InChI is InChI=1S/C28H32N2O5S/c1-18-16-28(2,3)30-24-14-13-20(21-12-11-19(15-26(21)34-5)35-36(6,31)32)22(27(18)24)17-29-23-9-7-8-10-25(23)33-4/h7-16,29-30H,17H2,1-6H3. The molecule has 0 unspecified atom stereocenters. The fourth-order valence-corrected chi connectivity index (χ4v) is 5.18. The van der Waals surface area contributed by atoms with E-state index in [1.165, 1.54) is 5.57 Å². The quantitative estimate of drug-likeness (QED) is 0.365. The zero-order chi connectivity index (χ0) is 26.1. The summed E-state index contributed by atoms with van der Waals surface area (Å²) in [6.07, 6.45) is 3.24. The summed E-state index contributed by atoms with van der Waals surface area (Å²) in [7, 11) is -0.445. The molecule has 1 aliphatic heterocycles. The van der Waals surface area contributed by atoms with Gasteiger partial charge in [-0.1, -0.05) is 24.3 Å². The molecule has 0 amide bonds. The van der Waals surface area contributed by atoms with E-state index in [-0.39, 0.29) is 11.3 Å². The molecule has 36 heavy (non-hydrogen) atoms. The van der Waals surface area contributed by atoms with Crippen LogP contribution in [-0.4, -0.2) is 34.4 Å². The minimum absolute atomic E-state index is 0.172. The number of allylic oxidation sites excluding steroid dienone is 1. The fraction of sp³-hybridized carbons (Fsp3) is 0.286. The zero-order valence-corrected chi connectivity index (χ0v) is 22.2. The fourth-order valence-electron chi connectivity index (χ4n) is 4.73. The molecule has 1 aliphatic rings. The van der Waals surface area contributed by atoms with Crippen LogP contribution in [0.5, 0.6) is 17.2 Å². The maximum absolute atomic E-state index is 11.6. The minimum Gasteiger partial charge on any atom is -0.496 e. The SMILES string of the molecule is COc1ccccc1NCc1c(-c2ccc(OS(C)(=O)=O)cc2OC)ccc2c1C(C)=CC(C)(C)N2. The first-order valence-corrected chi connectivity index (χ1v) is 13.4. The highest BCUT2D eigenvalue weighted by Crippen LogP contribution is 2.43. The van der Waals surface area contributed by atoms with Crippen molar-refractivity contribution < 1.29 is 22.1 Å². The van der Waals surface area contributed by atoms with Crippen LogP contribution in [0, 0.1) is 0 Å². The first-order valence-electron chi connectivity index (χ1n) is 11.6. The lowest BCUT2D eigenvalue weighted by Crippen LogP contribution is -2.32. The largest absolute Gasteiger partial charge is 0.496 e. The van der Waals surface area contributed by atoms with Gasteiger partial charge in [-0.15, -0.1) is 0 Å². The van der Waals surface area contributed by atoms with E-state index in [1.54, 1.807) is 26.4 Å². The van der Waals surface area contributed by atoms with Crippen LogP contribution in [-0.2, 0) is 16.7 Å². The number of rotatable bonds is 8. The normalized spacial score (nSPS) is 14.2. The second kappa shape index (κ2) is 9.78. The van der Waals surface area contributed by atoms with Gasteiger partial charge in [-0.25, -0.2) is 0 Å². The van der Waals surface area contributed by atoms with Crippen molar-refractivity contribution in [3.8, 4) is 28.4 Å². The molecule has 0 fully saturated rings. The average molecular weight is 509 g/mol. The van der Waals surface area contributed by atoms with E-state index in [2.05, 4.69) is 49.6 Å². The van der Waals surface area contributed by atoms with E-state index < -0.39 is 10.1 Å². The molecular weight excluding hydrogens is 476 g/mol. The minimum atomic E-state index is -3.66. The van der Waals surface area contributed by atoms with Crippen LogP contribution >= 0.6 is 0 Å². The molecule has 3 aromatic carbocycles. The number of para-hydroxylation sites is 2. The summed E-state index contributed by atoms with van der Waals surface area (Å²) in [6.45, 7) is 6.93. The first-order chi connectivity index (χ1) is 17.0. The Morgan fingerprint density at radius 2 is 1.64 bits per heavy atom. The number of ether oxygens (including phenoxy) is 2. The van der Waals surface area contributed by atoms with E-state index in [1.807, 2.05) is 30.3 Å². The van der Waals surface area contributed by atoms with Crippen molar-refractivity contribution in [2.45, 2.75) is 32.9 Å². The van der Waals surface area contributed by atoms with Crippen LogP contribution in [0.4, 0.5) is 11.4 Å². The number of fused-ring (bicyclic) bond motifs is 1. The molecule has 4 rings (SSSR count). The Morgan fingerprint density at radius 3 is 2.33 bits per heavy atom. The van der Waals surface area contributed by atoms with E-state index in [0.29, 0.717) is 12.3 Å². The first kappa shape index (κ1) is 25.4. The number of hydrogen-bond donors (Lipinski definition) is 2. The van der Waals surface area contributed by atoms with Crippen molar-refractivity contribution in [2.24, 2.45) is 0 Å². The number of nitrogens with one attached hydrogen (secondary N) is 2. The maximum atomic E-state index is 11.6. The third-order valence-electron chi connectivity index (χ3n) is 6.01. The molecule has 0 spiro atoms. The highest BCUT2D eigenvalue weighted by molar-refractivity contribution is 7.86. The van der Waals surface area contributed by atoms with Crippen molar-refractivity contribution in [3.63, 3.8) is 0 Å². The number of methoxy groups -OCH3 is 2. The molecule has 0 aliphatic carbocycles. The van der Waals surface area contributed by atoms with Gasteiger partial charge in [0.25, 0.3) is 0 Å². The summed E-state index contributed by atoms with van der Waals surface area (Å²) < 4.78 is 39.5. The smallest absolute Gasteiger partial charge is 0.306 e. The summed E-state index contributed by atoms with van der Waals surface area (Å²) >= 11 is 0. The van der Waals surface area contributed by atoms with Gasteiger partial charge in [0.1, 0.15) is 17.2 Å². The lowest BCUT2D eigenvalue weighted by atomic mass is 9.85. The van der Waals surface area contributed by atoms with Gasteiger partial charge in [0, 0.05) is 29.4 Å². The van der Waals surface area contributed by atoms with Gasteiger partial charge in [0.05, 0.1) is 31.7 Å². The summed E-state index contributed by atoms with van der Waals surface area (Å²) in [4.78, 5) is 0. The van der Waals surface area contributed by atoms with Crippen molar-refractivity contribution in [1.29, 1.82) is 0 Å². The summed E-state index contributed by atoms with van der Waals surface area (Å²) in [5.41, 5.74) is 6.92. The number of benzene rings is 3. The molecule has 7 nitrogen and oxygen atoms in total. The van der Waals surface area contributed by atoms with Crippen LogP contribution in [0.15, 0.2) is 60.7 Å². The molecule has 0 saturated carbocycles. The molecule has 0 atom stereocenters. The predicted octanol–water partition coefficient (Wildman–Crippen LogP) is 5.93. The second-order valence-corrected chi connectivity index (χ2v) is 11.0. The third-order valence-corrected chi connectivity index (χ3v) is 6.51. The monoisotopic (exact) mass is 508 g/mol. The van der Waals surface area contributed by atoms with Crippen molar-refractivity contribution >= 4 is 27.1 Å². The van der Waals surface area contributed by atoms with Crippen molar-refractivity contribution in [2.75, 3.05) is 31.1 Å². The molecule has 0 aromatic heterocycles. The van der Waals surface area contributed by atoms with Gasteiger partial charge in [0.15, 0.2) is 0 Å². The van der Waals surface area contributed by atoms with Crippen LogP contribution < -0.4 is 24.3 Å². The Hall–Kier alpha value is -3.65. The molecule has 0 saturated heterocycles. The second-order valence-electron chi connectivity index (χ2n) is 9.39. The van der Waals surface area contributed by atoms with E-state index in [9.17, 15) is 8.42 Å². The van der Waals surface area contributed by atoms with E-state index >= 15 is 0 Å². The molecule has 2 N–H and O–H groups in total. The van der Waals surface area contributed by atoms with Gasteiger partial charge in [0.2, 0.25) is 0 Å². The Morgan fingerprint density at radius 1 is 0.944 bits per heavy atom. The van der Waals surface area contributed by atoms with Gasteiger partial charge in [-0.3, -0.25) is 0 Å². The average Bonchev–Trinajstić information content (AvgIpc) is 2.80. The van der Waals surface area contributed by atoms with Crippen LogP contribution in [0.3, 0.4) is 0 Å². The van der Waals surface area contributed by atoms with Crippen LogP contribution in [0.2, 0.25) is 0 Å². The Kier molecular flexibility index (Phi) is 6.91. The lowest BCUT2D eigenvalue weighted by Gasteiger charge is -2.33. The topological polar surface area (TPSA) is 85.9 Å². The Labute approximate surface area is 213 Å². The molecular formula is C28H32N2O5S. The number of hydrogen-bond acceptors (Lipinski definition) is 7. The van der Waals surface area contributed by atoms with E-state index in [0.717, 1.165) is 45.6 Å². The highest BCUT2D eigenvalue weighted by Gasteiger charge is 2.27. The molecule has 190 valence electrons. The molecule has 0 bridgehead atoms. The van der Waals surface area contributed by atoms with Gasteiger partial charge >= 0.3 is 10.1 Å². The van der Waals surface area contributed by atoms with Gasteiger partial charge in [-0.2, -0.15) is 8.42 Å². The molecule has 3 aromatic rings. The molecule has 1 heterocycles. The van der Waals surface area contributed by atoms with Crippen molar-refractivity contribution in [3.05, 3.63) is 71.8 Å². The van der Waals surface area contributed by atoms with Crippen LogP contribution in [0.25, 0.3) is 16.7 Å². The molecule has 8 heteroatoms. The van der Waals surface area contributed by atoms with Gasteiger partial charge < -0.3 is 24.3 Å². The summed E-state index contributed by atoms with van der Waals surface area (Å²) in [5, 5.41) is 7.16. The van der Waals surface area contributed by atoms with Crippen molar-refractivity contribution in [1.82, 2.24) is 0 Å². The predicted molar refractivity (Wildman–Crippen MR) is 146 cm³/mol. The molecule has 0 radical (unpaired) electrons. The van der Waals surface area contributed by atoms with E-state index in [4.69, 9.17) is 13.7 Å². The highest BCUT2D eigenvalue weighted by atomic mass is 32.2. The maximum Gasteiger partial charge on any atom is 0.306 e. The zero-order valence-electron chi connectivity index (χ0n) is 21.4. The van der Waals surface area contributed by atoms with Gasteiger partial charge in [-0.05, 0) is 67.8 Å². The Bertz CT molecular complexity index is 1430. The lowest BCUT2D eigenvalue weighted by molar-refractivity contribution is 0.413. The summed E-state index contributed by atoms with van der Waals surface area (Å²) in [5.74, 6) is 1.47. The number of anilines is 2. The third kappa shape index (κ3) is 5.44. The summed E-state index contributed by atoms with van der Waals surface area (Å²) in [6, 6.07) is 17.0.